The maximum atomic E-state index is 12.6. The minimum atomic E-state index is -4.54. The van der Waals surface area contributed by atoms with Crippen molar-refractivity contribution in [2.45, 2.75) is 6.18 Å². The zero-order valence-electron chi connectivity index (χ0n) is 12.5. The number of nitrogens with one attached hydrogen (secondary N) is 2. The highest BCUT2D eigenvalue weighted by atomic mass is 19.4. The summed E-state index contributed by atoms with van der Waals surface area (Å²) < 4.78 is 42.8. The van der Waals surface area contributed by atoms with Gasteiger partial charge in [-0.15, -0.1) is 0 Å². The number of hydrogen-bond acceptors (Lipinski definition) is 3. The molecule has 0 heterocycles. The van der Waals surface area contributed by atoms with E-state index < -0.39 is 23.6 Å². The molecule has 126 valence electrons. The van der Waals surface area contributed by atoms with Gasteiger partial charge >= 0.3 is 18.0 Å². The number of hydrogen-bond donors (Lipinski definition) is 2. The van der Waals surface area contributed by atoms with E-state index in [1.165, 1.54) is 25.3 Å². The fraction of sp³-hybridized carbons (Fsp3) is 0.125. The molecule has 2 aromatic carbocycles. The first kappa shape index (κ1) is 17.3. The van der Waals surface area contributed by atoms with Gasteiger partial charge in [-0.3, -0.25) is 9.59 Å². The third-order valence-corrected chi connectivity index (χ3v) is 3.00. The maximum Gasteiger partial charge on any atom is 0.416 e. The molecule has 2 rings (SSSR count). The Hall–Kier alpha value is -3.03. The molecular formula is C16H13F3N2O3. The Bertz CT molecular complexity index is 743. The normalized spacial score (nSPS) is 10.8. The van der Waals surface area contributed by atoms with E-state index in [0.29, 0.717) is 11.4 Å². The highest BCUT2D eigenvalue weighted by molar-refractivity contribution is 6.43. The first-order valence-electron chi connectivity index (χ1n) is 6.73. The van der Waals surface area contributed by atoms with E-state index in [-0.39, 0.29) is 5.69 Å². The van der Waals surface area contributed by atoms with Crippen LogP contribution in [0, 0.1) is 0 Å². The van der Waals surface area contributed by atoms with Crippen molar-refractivity contribution < 1.29 is 27.5 Å². The largest absolute Gasteiger partial charge is 0.497 e. The molecule has 0 spiro atoms. The van der Waals surface area contributed by atoms with Crippen molar-refractivity contribution in [1.29, 1.82) is 0 Å². The van der Waals surface area contributed by atoms with Crippen LogP contribution < -0.4 is 15.4 Å². The molecule has 2 aromatic rings. The molecule has 0 radical (unpaired) electrons. The average molecular weight is 338 g/mol. The molecule has 0 aliphatic rings. The summed E-state index contributed by atoms with van der Waals surface area (Å²) >= 11 is 0. The van der Waals surface area contributed by atoms with E-state index in [2.05, 4.69) is 10.6 Å². The van der Waals surface area contributed by atoms with Crippen LogP contribution in [0.1, 0.15) is 5.56 Å². The summed E-state index contributed by atoms with van der Waals surface area (Å²) in [7, 11) is 1.48. The van der Waals surface area contributed by atoms with Crippen LogP contribution in [0.3, 0.4) is 0 Å². The van der Waals surface area contributed by atoms with Crippen LogP contribution in [0.4, 0.5) is 24.5 Å². The minimum absolute atomic E-state index is 0.125. The molecule has 0 atom stereocenters. The highest BCUT2D eigenvalue weighted by Gasteiger charge is 2.30. The van der Waals surface area contributed by atoms with Crippen LogP contribution in [0.2, 0.25) is 0 Å². The Labute approximate surface area is 135 Å². The van der Waals surface area contributed by atoms with E-state index in [0.717, 1.165) is 18.2 Å². The average Bonchev–Trinajstić information content (AvgIpc) is 2.55. The van der Waals surface area contributed by atoms with Gasteiger partial charge in [0.15, 0.2) is 0 Å². The van der Waals surface area contributed by atoms with Crippen LogP contribution in [0.25, 0.3) is 0 Å². The van der Waals surface area contributed by atoms with Gasteiger partial charge in [0.2, 0.25) is 0 Å². The number of benzene rings is 2. The number of ether oxygens (including phenoxy) is 1. The van der Waals surface area contributed by atoms with Gasteiger partial charge in [-0.25, -0.2) is 0 Å². The van der Waals surface area contributed by atoms with Gasteiger partial charge in [0, 0.05) is 11.4 Å². The molecule has 0 fully saturated rings. The number of anilines is 2. The van der Waals surface area contributed by atoms with Crippen molar-refractivity contribution in [3.05, 3.63) is 54.1 Å². The molecular weight excluding hydrogens is 325 g/mol. The first-order valence-corrected chi connectivity index (χ1v) is 6.73. The molecule has 0 aliphatic carbocycles. The lowest BCUT2D eigenvalue weighted by Gasteiger charge is -2.10. The molecule has 0 aliphatic heterocycles. The third kappa shape index (κ3) is 4.48. The first-order chi connectivity index (χ1) is 11.3. The lowest BCUT2D eigenvalue weighted by Crippen LogP contribution is -2.29. The van der Waals surface area contributed by atoms with Crippen molar-refractivity contribution in [1.82, 2.24) is 0 Å². The van der Waals surface area contributed by atoms with Crippen molar-refractivity contribution >= 4 is 23.2 Å². The van der Waals surface area contributed by atoms with Crippen molar-refractivity contribution in [2.75, 3.05) is 17.7 Å². The molecule has 0 aromatic heterocycles. The number of halogens is 3. The quantitative estimate of drug-likeness (QED) is 0.844. The molecule has 8 heteroatoms. The maximum absolute atomic E-state index is 12.6. The Morgan fingerprint density at radius 2 is 1.50 bits per heavy atom. The topological polar surface area (TPSA) is 67.4 Å². The zero-order chi connectivity index (χ0) is 17.7. The fourth-order valence-corrected chi connectivity index (χ4v) is 1.82. The Balaban J connectivity index is 2.02. The number of carbonyl (C=O) groups is 2. The molecule has 0 saturated heterocycles. The van der Waals surface area contributed by atoms with E-state index in [1.807, 2.05) is 0 Å². The second kappa shape index (κ2) is 7.03. The van der Waals surface area contributed by atoms with E-state index in [1.54, 1.807) is 12.1 Å². The summed E-state index contributed by atoms with van der Waals surface area (Å²) in [4.78, 5) is 23.5. The second-order valence-corrected chi connectivity index (χ2v) is 4.72. The number of carbonyl (C=O) groups excluding carboxylic acids is 2. The predicted octanol–water partition coefficient (Wildman–Crippen LogP) is 3.29. The molecule has 5 nitrogen and oxygen atoms in total. The van der Waals surface area contributed by atoms with Crippen LogP contribution in [-0.4, -0.2) is 18.9 Å². The van der Waals surface area contributed by atoms with Crippen LogP contribution >= 0.6 is 0 Å². The third-order valence-electron chi connectivity index (χ3n) is 3.00. The van der Waals surface area contributed by atoms with Gasteiger partial charge in [0.25, 0.3) is 0 Å². The standard InChI is InChI=1S/C16H13F3N2O3/c1-24-13-7-5-11(6-8-13)20-14(22)15(23)21-12-4-2-3-10(9-12)16(17,18)19/h2-9H,1H3,(H,20,22)(H,21,23). The monoisotopic (exact) mass is 338 g/mol. The lowest BCUT2D eigenvalue weighted by molar-refractivity contribution is -0.137. The summed E-state index contributed by atoms with van der Waals surface area (Å²) in [6.45, 7) is 0. The molecule has 0 saturated carbocycles. The van der Waals surface area contributed by atoms with Gasteiger partial charge in [0.1, 0.15) is 5.75 Å². The number of amides is 2. The lowest BCUT2D eigenvalue weighted by atomic mass is 10.2. The highest BCUT2D eigenvalue weighted by Crippen LogP contribution is 2.30. The molecule has 24 heavy (non-hydrogen) atoms. The summed E-state index contributed by atoms with van der Waals surface area (Å²) in [5, 5.41) is 4.45. The molecule has 2 amide bonds. The van der Waals surface area contributed by atoms with Crippen molar-refractivity contribution in [3.8, 4) is 5.75 Å². The molecule has 0 bridgehead atoms. The SMILES string of the molecule is COc1ccc(NC(=O)C(=O)Nc2cccc(C(F)(F)F)c2)cc1. The summed E-state index contributed by atoms with van der Waals surface area (Å²) in [5.74, 6) is -1.51. The summed E-state index contributed by atoms with van der Waals surface area (Å²) in [5.41, 5.74) is -0.699. The van der Waals surface area contributed by atoms with E-state index >= 15 is 0 Å². The number of rotatable bonds is 3. The van der Waals surface area contributed by atoms with Gasteiger partial charge in [-0.1, -0.05) is 6.07 Å². The van der Waals surface area contributed by atoms with Gasteiger partial charge < -0.3 is 15.4 Å². The van der Waals surface area contributed by atoms with Crippen LogP contribution in [0.5, 0.6) is 5.75 Å². The van der Waals surface area contributed by atoms with Gasteiger partial charge in [-0.2, -0.15) is 13.2 Å². The Morgan fingerprint density at radius 3 is 2.04 bits per heavy atom. The Kier molecular flexibility index (Phi) is 5.08. The summed E-state index contributed by atoms with van der Waals surface area (Å²) in [6, 6.07) is 10.2. The smallest absolute Gasteiger partial charge is 0.416 e. The number of alkyl halides is 3. The second-order valence-electron chi connectivity index (χ2n) is 4.72. The predicted molar refractivity (Wildman–Crippen MR) is 81.7 cm³/mol. The van der Waals surface area contributed by atoms with E-state index in [4.69, 9.17) is 4.74 Å². The molecule has 2 N–H and O–H groups in total. The number of methoxy groups -OCH3 is 1. The van der Waals surface area contributed by atoms with Crippen molar-refractivity contribution in [3.63, 3.8) is 0 Å². The van der Waals surface area contributed by atoms with Gasteiger partial charge in [0.05, 0.1) is 12.7 Å². The van der Waals surface area contributed by atoms with Crippen molar-refractivity contribution in [2.24, 2.45) is 0 Å². The zero-order valence-corrected chi connectivity index (χ0v) is 12.5. The Morgan fingerprint density at radius 1 is 0.917 bits per heavy atom. The van der Waals surface area contributed by atoms with Crippen LogP contribution in [0.15, 0.2) is 48.5 Å². The van der Waals surface area contributed by atoms with Crippen LogP contribution in [-0.2, 0) is 15.8 Å². The fourth-order valence-electron chi connectivity index (χ4n) is 1.82. The van der Waals surface area contributed by atoms with Gasteiger partial charge in [-0.05, 0) is 42.5 Å². The summed E-state index contributed by atoms with van der Waals surface area (Å²) in [6.07, 6.45) is -4.54. The molecule has 0 unspecified atom stereocenters. The van der Waals surface area contributed by atoms with E-state index in [9.17, 15) is 22.8 Å². The minimum Gasteiger partial charge on any atom is -0.497 e.